The minimum absolute atomic E-state index is 0.214. The van der Waals surface area contributed by atoms with Crippen molar-refractivity contribution in [3.8, 4) is 0 Å². The minimum atomic E-state index is -0.427. The summed E-state index contributed by atoms with van der Waals surface area (Å²) in [5.41, 5.74) is 5.88. The van der Waals surface area contributed by atoms with E-state index < -0.39 is 5.41 Å². The first-order valence-corrected chi connectivity index (χ1v) is 7.36. The van der Waals surface area contributed by atoms with Gasteiger partial charge in [0.2, 0.25) is 5.91 Å². The van der Waals surface area contributed by atoms with Crippen LogP contribution in [0.25, 0.3) is 0 Å². The lowest BCUT2D eigenvalue weighted by molar-refractivity contribution is -0.128. The van der Waals surface area contributed by atoms with Crippen molar-refractivity contribution in [3.63, 3.8) is 0 Å². The smallest absolute Gasteiger partial charge is 0.271 e. The van der Waals surface area contributed by atoms with Crippen LogP contribution in [0.15, 0.2) is 12.4 Å². The predicted octanol–water partition coefficient (Wildman–Crippen LogP) is 1.09. The lowest BCUT2D eigenvalue weighted by Gasteiger charge is -2.38. The Balaban J connectivity index is 1.79. The number of nitrogens with two attached hydrogens (primary N) is 1. The van der Waals surface area contributed by atoms with E-state index in [0.29, 0.717) is 17.8 Å². The molecule has 0 saturated heterocycles. The molecule has 21 heavy (non-hydrogen) atoms. The van der Waals surface area contributed by atoms with Crippen LogP contribution in [0.3, 0.4) is 0 Å². The second-order valence-electron chi connectivity index (χ2n) is 6.46. The zero-order valence-corrected chi connectivity index (χ0v) is 12.2. The highest BCUT2D eigenvalue weighted by molar-refractivity contribution is 5.92. The molecule has 2 unspecified atom stereocenters. The number of fused-ring (bicyclic) bond motifs is 2. The van der Waals surface area contributed by atoms with Gasteiger partial charge >= 0.3 is 0 Å². The van der Waals surface area contributed by atoms with Crippen LogP contribution in [0.5, 0.6) is 0 Å². The van der Waals surface area contributed by atoms with Gasteiger partial charge in [-0.25, -0.2) is 4.98 Å². The molecule has 3 rings (SSSR count). The predicted molar refractivity (Wildman–Crippen MR) is 76.3 cm³/mol. The maximum absolute atomic E-state index is 12.4. The Morgan fingerprint density at radius 1 is 1.24 bits per heavy atom. The number of nitrogens with one attached hydrogen (secondary N) is 1. The minimum Gasteiger partial charge on any atom is -0.369 e. The van der Waals surface area contributed by atoms with Crippen molar-refractivity contribution < 1.29 is 9.59 Å². The third kappa shape index (κ3) is 2.39. The molecule has 2 bridgehead atoms. The number of carbonyl (C=O) groups excluding carboxylic acids is 2. The molecule has 1 heterocycles. The van der Waals surface area contributed by atoms with Crippen LogP contribution in [0, 0.1) is 12.3 Å². The number of hydrogen-bond acceptors (Lipinski definition) is 4. The second-order valence-corrected chi connectivity index (χ2v) is 6.46. The second kappa shape index (κ2) is 4.79. The van der Waals surface area contributed by atoms with Crippen LogP contribution in [0.2, 0.25) is 0 Å². The van der Waals surface area contributed by atoms with Crippen molar-refractivity contribution >= 4 is 11.8 Å². The van der Waals surface area contributed by atoms with E-state index >= 15 is 0 Å². The van der Waals surface area contributed by atoms with Crippen molar-refractivity contribution in [2.24, 2.45) is 11.1 Å². The molecular weight excluding hydrogens is 268 g/mol. The summed E-state index contributed by atoms with van der Waals surface area (Å²) < 4.78 is 0. The first-order valence-electron chi connectivity index (χ1n) is 7.36. The van der Waals surface area contributed by atoms with E-state index in [-0.39, 0.29) is 17.4 Å². The normalized spacial score (nSPS) is 30.9. The van der Waals surface area contributed by atoms with Crippen LogP contribution in [-0.2, 0) is 4.79 Å². The SMILES string of the molecule is Cc1cncc(C(=O)NC23CCCC(C(N)=O)(CC2)C3)n1. The molecule has 0 aromatic carbocycles. The Morgan fingerprint density at radius 2 is 2.05 bits per heavy atom. The van der Waals surface area contributed by atoms with E-state index in [4.69, 9.17) is 5.73 Å². The fourth-order valence-corrected chi connectivity index (χ4v) is 3.88. The Bertz CT molecular complexity index is 603. The molecule has 112 valence electrons. The molecule has 0 aliphatic heterocycles. The number of carbonyl (C=O) groups is 2. The standard InChI is InChI=1S/C15H20N4O2/c1-10-7-17-8-11(18-10)12(20)19-15-4-2-3-14(9-15,5-6-15)13(16)21/h7-8H,2-6,9H2,1H3,(H2,16,21)(H,19,20). The van der Waals surface area contributed by atoms with Crippen LogP contribution < -0.4 is 11.1 Å². The van der Waals surface area contributed by atoms with Crippen molar-refractivity contribution in [1.29, 1.82) is 0 Å². The van der Waals surface area contributed by atoms with Gasteiger partial charge in [0.05, 0.1) is 17.3 Å². The van der Waals surface area contributed by atoms with E-state index in [1.165, 1.54) is 6.20 Å². The highest BCUT2D eigenvalue weighted by Crippen LogP contribution is 2.53. The van der Waals surface area contributed by atoms with Gasteiger partial charge in [-0.2, -0.15) is 0 Å². The Morgan fingerprint density at radius 3 is 2.76 bits per heavy atom. The molecular formula is C15H20N4O2. The zero-order chi connectivity index (χ0) is 15.1. The fourth-order valence-electron chi connectivity index (χ4n) is 3.88. The van der Waals surface area contributed by atoms with Gasteiger partial charge in [0.25, 0.3) is 5.91 Å². The molecule has 2 saturated carbocycles. The summed E-state index contributed by atoms with van der Waals surface area (Å²) in [5.74, 6) is -0.443. The number of amides is 2. The van der Waals surface area contributed by atoms with Crippen molar-refractivity contribution in [3.05, 3.63) is 23.8 Å². The van der Waals surface area contributed by atoms with Gasteiger partial charge in [-0.1, -0.05) is 6.42 Å². The molecule has 2 atom stereocenters. The largest absolute Gasteiger partial charge is 0.369 e. The topological polar surface area (TPSA) is 98.0 Å². The maximum atomic E-state index is 12.4. The average Bonchev–Trinajstić information content (AvgIpc) is 2.71. The first-order chi connectivity index (χ1) is 9.95. The molecule has 2 amide bonds. The molecule has 3 N–H and O–H groups in total. The Kier molecular flexibility index (Phi) is 3.19. The Hall–Kier alpha value is -1.98. The lowest BCUT2D eigenvalue weighted by atomic mass is 9.72. The van der Waals surface area contributed by atoms with Crippen LogP contribution in [-0.4, -0.2) is 27.3 Å². The zero-order valence-electron chi connectivity index (χ0n) is 12.2. The molecule has 1 aromatic heterocycles. The average molecular weight is 288 g/mol. The summed E-state index contributed by atoms with van der Waals surface area (Å²) in [5, 5.41) is 3.10. The van der Waals surface area contributed by atoms with Gasteiger partial charge in [-0.3, -0.25) is 14.6 Å². The van der Waals surface area contributed by atoms with Gasteiger partial charge in [0, 0.05) is 11.7 Å². The van der Waals surface area contributed by atoms with E-state index in [1.54, 1.807) is 13.1 Å². The monoisotopic (exact) mass is 288 g/mol. The number of nitrogens with zero attached hydrogens (tertiary/aromatic N) is 2. The highest BCUT2D eigenvalue weighted by Gasteiger charge is 2.54. The van der Waals surface area contributed by atoms with Gasteiger partial charge in [0.15, 0.2) is 0 Å². The first kappa shape index (κ1) is 14.0. The number of rotatable bonds is 3. The molecule has 2 aliphatic rings. The summed E-state index contributed by atoms with van der Waals surface area (Å²) in [6.45, 7) is 1.80. The van der Waals surface area contributed by atoms with E-state index in [9.17, 15) is 9.59 Å². The van der Waals surface area contributed by atoms with Crippen LogP contribution in [0.4, 0.5) is 0 Å². The summed E-state index contributed by atoms with van der Waals surface area (Å²) >= 11 is 0. The maximum Gasteiger partial charge on any atom is 0.271 e. The molecule has 2 fully saturated rings. The van der Waals surface area contributed by atoms with Crippen LogP contribution in [0.1, 0.15) is 54.7 Å². The van der Waals surface area contributed by atoms with Gasteiger partial charge < -0.3 is 11.1 Å². The van der Waals surface area contributed by atoms with Crippen molar-refractivity contribution in [1.82, 2.24) is 15.3 Å². The number of aromatic nitrogens is 2. The molecule has 0 spiro atoms. The summed E-state index contributed by atoms with van der Waals surface area (Å²) in [4.78, 5) is 32.4. The van der Waals surface area contributed by atoms with Gasteiger partial charge in [-0.05, 0) is 39.0 Å². The van der Waals surface area contributed by atoms with E-state index in [2.05, 4.69) is 15.3 Å². The quantitative estimate of drug-likeness (QED) is 0.870. The number of primary amides is 1. The van der Waals surface area contributed by atoms with Gasteiger partial charge in [0.1, 0.15) is 5.69 Å². The summed E-state index contributed by atoms with van der Waals surface area (Å²) in [6, 6.07) is 0. The number of hydrogen-bond donors (Lipinski definition) is 2. The van der Waals surface area contributed by atoms with Gasteiger partial charge in [-0.15, -0.1) is 0 Å². The van der Waals surface area contributed by atoms with E-state index in [1.807, 2.05) is 0 Å². The fraction of sp³-hybridized carbons (Fsp3) is 0.600. The highest BCUT2D eigenvalue weighted by atomic mass is 16.2. The molecule has 0 radical (unpaired) electrons. The summed E-state index contributed by atoms with van der Waals surface area (Å²) in [7, 11) is 0. The number of aryl methyl sites for hydroxylation is 1. The van der Waals surface area contributed by atoms with Crippen molar-refractivity contribution in [2.75, 3.05) is 0 Å². The Labute approximate surface area is 123 Å². The van der Waals surface area contributed by atoms with Crippen molar-refractivity contribution in [2.45, 2.75) is 51.0 Å². The molecule has 6 nitrogen and oxygen atoms in total. The molecule has 2 aliphatic carbocycles. The molecule has 1 aromatic rings. The molecule has 6 heteroatoms. The van der Waals surface area contributed by atoms with Crippen LogP contribution >= 0.6 is 0 Å². The third-order valence-corrected chi connectivity index (χ3v) is 4.96. The van der Waals surface area contributed by atoms with E-state index in [0.717, 1.165) is 32.1 Å². The summed E-state index contributed by atoms with van der Waals surface area (Å²) in [6.07, 6.45) is 7.96. The third-order valence-electron chi connectivity index (χ3n) is 4.96. The lowest BCUT2D eigenvalue weighted by Crippen LogP contribution is -2.51.